The van der Waals surface area contributed by atoms with Crippen molar-refractivity contribution in [3.05, 3.63) is 64.9 Å². The number of nitrogens with zero attached hydrogens (tertiary/aromatic N) is 1. The minimum atomic E-state index is 0.326. The molecule has 3 aromatic rings. The maximum Gasteiger partial charge on any atom is 0.123 e. The first-order valence-corrected chi connectivity index (χ1v) is 7.96. The molecule has 1 aromatic heterocycles. The molecule has 0 saturated carbocycles. The van der Waals surface area contributed by atoms with Gasteiger partial charge in [0, 0.05) is 26.7 Å². The first-order valence-electron chi connectivity index (χ1n) is 6.18. The molecule has 2 nitrogen and oxygen atoms in total. The number of hydrogen-bond donors (Lipinski definition) is 1. The van der Waals surface area contributed by atoms with Crippen molar-refractivity contribution in [2.75, 3.05) is 0 Å². The van der Waals surface area contributed by atoms with Gasteiger partial charge in [-0.1, -0.05) is 24.3 Å². The summed E-state index contributed by atoms with van der Waals surface area (Å²) in [4.78, 5) is 5.53. The molecule has 0 fully saturated rings. The van der Waals surface area contributed by atoms with Crippen molar-refractivity contribution < 1.29 is 5.11 Å². The number of pyridine rings is 1. The number of halogens is 1. The highest BCUT2D eigenvalue weighted by molar-refractivity contribution is 9.10. The molecular weight excluding hydrogens is 334 g/mol. The Morgan fingerprint density at radius 3 is 2.55 bits per heavy atom. The Kier molecular flexibility index (Phi) is 3.94. The SMILES string of the molecule is Oc1ccc(SCc2ccc(Br)cn2)c2ccccc12. The fraction of sp³-hybridized carbons (Fsp3) is 0.0625. The van der Waals surface area contributed by atoms with E-state index in [1.54, 1.807) is 17.8 Å². The Balaban J connectivity index is 1.88. The van der Waals surface area contributed by atoms with Gasteiger partial charge in [0.15, 0.2) is 0 Å². The topological polar surface area (TPSA) is 33.1 Å². The molecule has 4 heteroatoms. The molecule has 0 unspecified atom stereocenters. The van der Waals surface area contributed by atoms with Crippen molar-refractivity contribution in [1.82, 2.24) is 4.98 Å². The molecule has 0 spiro atoms. The minimum Gasteiger partial charge on any atom is -0.507 e. The van der Waals surface area contributed by atoms with E-state index in [0.717, 1.165) is 31.6 Å². The van der Waals surface area contributed by atoms with E-state index in [0.29, 0.717) is 5.75 Å². The van der Waals surface area contributed by atoms with Crippen LogP contribution >= 0.6 is 27.7 Å². The first-order chi connectivity index (χ1) is 9.74. The lowest BCUT2D eigenvalue weighted by Gasteiger charge is -2.07. The van der Waals surface area contributed by atoms with Crippen LogP contribution in [0, 0.1) is 0 Å². The highest BCUT2D eigenvalue weighted by atomic mass is 79.9. The third-order valence-corrected chi connectivity index (χ3v) is 4.60. The summed E-state index contributed by atoms with van der Waals surface area (Å²) >= 11 is 5.11. The van der Waals surface area contributed by atoms with E-state index in [2.05, 4.69) is 20.9 Å². The average Bonchev–Trinajstić information content (AvgIpc) is 2.49. The van der Waals surface area contributed by atoms with Gasteiger partial charge in [0.2, 0.25) is 0 Å². The Morgan fingerprint density at radius 1 is 1.00 bits per heavy atom. The summed E-state index contributed by atoms with van der Waals surface area (Å²) in [6, 6.07) is 15.6. The normalized spacial score (nSPS) is 10.8. The minimum absolute atomic E-state index is 0.326. The smallest absolute Gasteiger partial charge is 0.123 e. The summed E-state index contributed by atoms with van der Waals surface area (Å²) in [5.41, 5.74) is 1.04. The second-order valence-corrected chi connectivity index (χ2v) is 6.32. The summed E-state index contributed by atoms with van der Waals surface area (Å²) in [6.07, 6.45) is 1.81. The third-order valence-electron chi connectivity index (χ3n) is 3.03. The second kappa shape index (κ2) is 5.85. The zero-order valence-electron chi connectivity index (χ0n) is 10.6. The molecule has 100 valence electrons. The summed E-state index contributed by atoms with van der Waals surface area (Å²) in [6.45, 7) is 0. The number of thioether (sulfide) groups is 1. The number of aromatic nitrogens is 1. The Morgan fingerprint density at radius 2 is 1.80 bits per heavy atom. The van der Waals surface area contributed by atoms with Gasteiger partial charge in [-0.25, -0.2) is 0 Å². The van der Waals surface area contributed by atoms with Crippen LogP contribution in [0.25, 0.3) is 10.8 Å². The van der Waals surface area contributed by atoms with E-state index in [-0.39, 0.29) is 0 Å². The predicted molar refractivity (Wildman–Crippen MR) is 87.1 cm³/mol. The molecule has 0 aliphatic carbocycles. The van der Waals surface area contributed by atoms with E-state index in [4.69, 9.17) is 0 Å². The second-order valence-electron chi connectivity index (χ2n) is 4.38. The molecule has 0 radical (unpaired) electrons. The Bertz CT molecular complexity index is 743. The molecule has 3 rings (SSSR count). The highest BCUT2D eigenvalue weighted by Gasteiger charge is 2.06. The van der Waals surface area contributed by atoms with Gasteiger partial charge in [-0.15, -0.1) is 11.8 Å². The first kappa shape index (κ1) is 13.5. The predicted octanol–water partition coefficient (Wildman–Crippen LogP) is 5.00. The van der Waals surface area contributed by atoms with Crippen LogP contribution < -0.4 is 0 Å². The Labute approximate surface area is 130 Å². The lowest BCUT2D eigenvalue weighted by molar-refractivity contribution is 0.481. The quantitative estimate of drug-likeness (QED) is 0.678. The van der Waals surface area contributed by atoms with E-state index < -0.39 is 0 Å². The summed E-state index contributed by atoms with van der Waals surface area (Å²) < 4.78 is 0.987. The van der Waals surface area contributed by atoms with Crippen molar-refractivity contribution in [3.63, 3.8) is 0 Å². The van der Waals surface area contributed by atoms with Crippen LogP contribution in [0.15, 0.2) is 64.1 Å². The van der Waals surface area contributed by atoms with Crippen LogP contribution in [0.5, 0.6) is 5.75 Å². The number of aromatic hydroxyl groups is 1. The molecule has 0 aliphatic rings. The third kappa shape index (κ3) is 2.81. The lowest BCUT2D eigenvalue weighted by atomic mass is 10.1. The molecule has 0 atom stereocenters. The molecule has 20 heavy (non-hydrogen) atoms. The van der Waals surface area contributed by atoms with E-state index in [9.17, 15) is 5.11 Å². The van der Waals surface area contributed by atoms with Gasteiger partial charge in [0.1, 0.15) is 5.75 Å². The van der Waals surface area contributed by atoms with Gasteiger partial charge in [-0.3, -0.25) is 4.98 Å². The number of phenols is 1. The molecule has 0 bridgehead atoms. The van der Waals surface area contributed by atoms with Gasteiger partial charge >= 0.3 is 0 Å². The molecule has 2 aromatic carbocycles. The fourth-order valence-corrected chi connectivity index (χ4v) is 3.23. The molecule has 1 heterocycles. The maximum absolute atomic E-state index is 9.88. The molecular formula is C16H12BrNOS. The number of fused-ring (bicyclic) bond motifs is 1. The van der Waals surface area contributed by atoms with E-state index >= 15 is 0 Å². The summed E-state index contributed by atoms with van der Waals surface area (Å²) in [5.74, 6) is 1.13. The van der Waals surface area contributed by atoms with Crippen LogP contribution in [0.4, 0.5) is 0 Å². The van der Waals surface area contributed by atoms with Crippen molar-refractivity contribution >= 4 is 38.5 Å². The number of hydrogen-bond acceptors (Lipinski definition) is 3. The van der Waals surface area contributed by atoms with Gasteiger partial charge in [0.05, 0.1) is 5.69 Å². The number of phenolic OH excluding ortho intramolecular Hbond substituents is 1. The van der Waals surface area contributed by atoms with Crippen LogP contribution in [0.2, 0.25) is 0 Å². The summed E-state index contributed by atoms with van der Waals surface area (Å²) in [7, 11) is 0. The standard InChI is InChI=1S/C16H12BrNOS/c17-11-5-6-12(18-9-11)10-20-16-8-7-15(19)13-3-1-2-4-14(13)16/h1-9,19H,10H2. The van der Waals surface area contributed by atoms with Crippen LogP contribution in [-0.2, 0) is 5.75 Å². The maximum atomic E-state index is 9.88. The molecule has 0 aliphatic heterocycles. The van der Waals surface area contributed by atoms with Crippen molar-refractivity contribution in [1.29, 1.82) is 0 Å². The Hall–Kier alpha value is -1.52. The van der Waals surface area contributed by atoms with Crippen LogP contribution in [-0.4, -0.2) is 10.1 Å². The van der Waals surface area contributed by atoms with Crippen molar-refractivity contribution in [2.24, 2.45) is 0 Å². The zero-order valence-corrected chi connectivity index (χ0v) is 13.0. The average molecular weight is 346 g/mol. The lowest BCUT2D eigenvalue weighted by Crippen LogP contribution is -1.86. The molecule has 0 amide bonds. The van der Waals surface area contributed by atoms with E-state index in [1.165, 1.54) is 0 Å². The monoisotopic (exact) mass is 345 g/mol. The fourth-order valence-electron chi connectivity index (χ4n) is 2.02. The highest BCUT2D eigenvalue weighted by Crippen LogP contribution is 2.34. The van der Waals surface area contributed by atoms with Gasteiger partial charge in [-0.05, 0) is 45.6 Å². The molecule has 1 N–H and O–H groups in total. The number of rotatable bonds is 3. The largest absolute Gasteiger partial charge is 0.507 e. The molecule has 0 saturated heterocycles. The van der Waals surface area contributed by atoms with Gasteiger partial charge < -0.3 is 5.11 Å². The number of benzene rings is 2. The van der Waals surface area contributed by atoms with Gasteiger partial charge in [0.25, 0.3) is 0 Å². The van der Waals surface area contributed by atoms with E-state index in [1.807, 2.05) is 48.7 Å². The zero-order chi connectivity index (χ0) is 13.9. The summed E-state index contributed by atoms with van der Waals surface area (Å²) in [5, 5.41) is 11.9. The van der Waals surface area contributed by atoms with Crippen LogP contribution in [0.3, 0.4) is 0 Å². The van der Waals surface area contributed by atoms with Gasteiger partial charge in [-0.2, -0.15) is 0 Å². The van der Waals surface area contributed by atoms with Crippen molar-refractivity contribution in [2.45, 2.75) is 10.6 Å². The van der Waals surface area contributed by atoms with Crippen molar-refractivity contribution in [3.8, 4) is 5.75 Å². The van der Waals surface area contributed by atoms with Crippen LogP contribution in [0.1, 0.15) is 5.69 Å².